The lowest BCUT2D eigenvalue weighted by Crippen LogP contribution is -1.98. The Morgan fingerprint density at radius 3 is 2.17 bits per heavy atom. The van der Waals surface area contributed by atoms with Crippen LogP contribution in [0.2, 0.25) is 0 Å². The summed E-state index contributed by atoms with van der Waals surface area (Å²) in [5, 5.41) is 4.64. The molecule has 0 amide bonds. The molecular formula is C26H16BrN3. The van der Waals surface area contributed by atoms with Crippen LogP contribution in [0, 0.1) is 0 Å². The molecule has 142 valence electrons. The highest BCUT2D eigenvalue weighted by Crippen LogP contribution is 2.38. The maximum Gasteiger partial charge on any atom is 0.145 e. The Balaban J connectivity index is 1.87. The summed E-state index contributed by atoms with van der Waals surface area (Å²) in [5.74, 6) is 0.925. The molecule has 0 saturated heterocycles. The molecule has 6 aromatic rings. The highest BCUT2D eigenvalue weighted by Gasteiger charge is 2.19. The fourth-order valence-corrected chi connectivity index (χ4v) is 4.49. The molecule has 30 heavy (non-hydrogen) atoms. The summed E-state index contributed by atoms with van der Waals surface area (Å²) in [7, 11) is 0. The van der Waals surface area contributed by atoms with E-state index in [1.165, 1.54) is 10.8 Å². The van der Waals surface area contributed by atoms with E-state index in [9.17, 15) is 0 Å². The molecule has 2 aromatic heterocycles. The number of hydrogen-bond acceptors (Lipinski definition) is 2. The van der Waals surface area contributed by atoms with E-state index in [2.05, 4.69) is 104 Å². The summed E-state index contributed by atoms with van der Waals surface area (Å²) >= 11 is 3.56. The highest BCUT2D eigenvalue weighted by atomic mass is 79.9. The van der Waals surface area contributed by atoms with Crippen molar-refractivity contribution in [2.24, 2.45) is 0 Å². The zero-order valence-electron chi connectivity index (χ0n) is 16.0. The minimum absolute atomic E-state index is 0.925. The third kappa shape index (κ3) is 2.57. The molecule has 0 fully saturated rings. The lowest BCUT2D eigenvalue weighted by molar-refractivity contribution is 1.10. The quantitative estimate of drug-likeness (QED) is 0.262. The molecule has 2 heterocycles. The Morgan fingerprint density at radius 2 is 1.37 bits per heavy atom. The number of benzene rings is 4. The van der Waals surface area contributed by atoms with E-state index in [-0.39, 0.29) is 0 Å². The van der Waals surface area contributed by atoms with Crippen LogP contribution in [0.4, 0.5) is 0 Å². The molecule has 4 heteroatoms. The van der Waals surface area contributed by atoms with Crippen molar-refractivity contribution >= 4 is 48.5 Å². The zero-order chi connectivity index (χ0) is 20.1. The molecule has 0 atom stereocenters. The monoisotopic (exact) mass is 449 g/mol. The van der Waals surface area contributed by atoms with Gasteiger partial charge < -0.3 is 0 Å². The molecule has 4 aromatic carbocycles. The van der Waals surface area contributed by atoms with Gasteiger partial charge in [0.25, 0.3) is 0 Å². The van der Waals surface area contributed by atoms with Gasteiger partial charge in [-0.05, 0) is 41.1 Å². The van der Waals surface area contributed by atoms with E-state index in [0.29, 0.717) is 0 Å². The lowest BCUT2D eigenvalue weighted by atomic mass is 10.0. The number of imidazole rings is 1. The fourth-order valence-electron chi connectivity index (χ4n) is 4.22. The van der Waals surface area contributed by atoms with E-state index in [1.807, 2.05) is 18.5 Å². The van der Waals surface area contributed by atoms with Gasteiger partial charge in [0.1, 0.15) is 5.82 Å². The normalized spacial score (nSPS) is 11.5. The SMILES string of the molecule is Brc1ccc(-n2c(-c3ccccc3)nc3c4ccccc4c4ccncc4c32)cc1. The largest absolute Gasteiger partial charge is 0.292 e. The average molecular weight is 450 g/mol. The van der Waals surface area contributed by atoms with Gasteiger partial charge in [0.05, 0.1) is 11.0 Å². The Morgan fingerprint density at radius 1 is 0.667 bits per heavy atom. The second-order valence-corrected chi connectivity index (χ2v) is 8.19. The third-order valence-electron chi connectivity index (χ3n) is 5.54. The molecule has 0 radical (unpaired) electrons. The first-order valence-electron chi connectivity index (χ1n) is 9.79. The van der Waals surface area contributed by atoms with Gasteiger partial charge in [0.15, 0.2) is 0 Å². The van der Waals surface area contributed by atoms with Gasteiger partial charge in [-0.1, -0.05) is 70.5 Å². The van der Waals surface area contributed by atoms with Gasteiger partial charge in [-0.3, -0.25) is 9.55 Å². The van der Waals surface area contributed by atoms with E-state index in [4.69, 9.17) is 4.98 Å². The van der Waals surface area contributed by atoms with E-state index < -0.39 is 0 Å². The third-order valence-corrected chi connectivity index (χ3v) is 6.07. The first-order valence-corrected chi connectivity index (χ1v) is 10.6. The molecule has 0 aliphatic rings. The Kier molecular flexibility index (Phi) is 3.93. The summed E-state index contributed by atoms with van der Waals surface area (Å²) in [6.45, 7) is 0. The number of rotatable bonds is 2. The molecule has 0 spiro atoms. The first-order chi connectivity index (χ1) is 14.8. The zero-order valence-corrected chi connectivity index (χ0v) is 17.5. The standard InChI is InChI=1S/C26H16BrN3/c27-18-10-12-19(13-11-18)30-25-23-16-28-15-14-21(23)20-8-4-5-9-22(20)24(25)29-26(30)17-6-2-1-3-7-17/h1-16H. The highest BCUT2D eigenvalue weighted by molar-refractivity contribution is 9.10. The van der Waals surface area contributed by atoms with Gasteiger partial charge >= 0.3 is 0 Å². The predicted molar refractivity (Wildman–Crippen MR) is 127 cm³/mol. The van der Waals surface area contributed by atoms with Crippen molar-refractivity contribution in [2.45, 2.75) is 0 Å². The minimum Gasteiger partial charge on any atom is -0.292 e. The summed E-state index contributed by atoms with van der Waals surface area (Å²) in [6, 6.07) is 29.3. The maximum absolute atomic E-state index is 5.18. The second kappa shape index (κ2) is 6.78. The van der Waals surface area contributed by atoms with Crippen molar-refractivity contribution in [3.63, 3.8) is 0 Å². The molecule has 0 unspecified atom stereocenters. The van der Waals surface area contributed by atoms with Gasteiger partial charge in [-0.25, -0.2) is 4.98 Å². The number of fused-ring (bicyclic) bond motifs is 6. The van der Waals surface area contributed by atoms with Crippen LogP contribution >= 0.6 is 15.9 Å². The van der Waals surface area contributed by atoms with Crippen LogP contribution in [0.15, 0.2) is 102 Å². The van der Waals surface area contributed by atoms with Crippen LogP contribution in [0.1, 0.15) is 0 Å². The molecule has 0 aliphatic carbocycles. The molecule has 0 saturated carbocycles. The number of hydrogen-bond donors (Lipinski definition) is 0. The van der Waals surface area contributed by atoms with Crippen LogP contribution in [-0.4, -0.2) is 14.5 Å². The second-order valence-electron chi connectivity index (χ2n) is 7.28. The molecular weight excluding hydrogens is 434 g/mol. The Hall–Kier alpha value is -3.50. The molecule has 0 N–H and O–H groups in total. The lowest BCUT2D eigenvalue weighted by Gasteiger charge is -2.12. The maximum atomic E-state index is 5.18. The number of aromatic nitrogens is 3. The topological polar surface area (TPSA) is 30.7 Å². The van der Waals surface area contributed by atoms with Crippen molar-refractivity contribution in [3.05, 3.63) is 102 Å². The number of nitrogens with zero attached hydrogens (tertiary/aromatic N) is 3. The van der Waals surface area contributed by atoms with Crippen molar-refractivity contribution in [1.82, 2.24) is 14.5 Å². The van der Waals surface area contributed by atoms with Gasteiger partial charge in [0, 0.05) is 38.9 Å². The van der Waals surface area contributed by atoms with E-state index >= 15 is 0 Å². The van der Waals surface area contributed by atoms with E-state index in [1.54, 1.807) is 0 Å². The Labute approximate surface area is 181 Å². The van der Waals surface area contributed by atoms with E-state index in [0.717, 1.165) is 43.4 Å². The summed E-state index contributed by atoms with van der Waals surface area (Å²) < 4.78 is 3.31. The van der Waals surface area contributed by atoms with Gasteiger partial charge in [-0.15, -0.1) is 0 Å². The number of pyridine rings is 1. The van der Waals surface area contributed by atoms with Crippen LogP contribution in [-0.2, 0) is 0 Å². The van der Waals surface area contributed by atoms with Crippen LogP contribution in [0.25, 0.3) is 49.7 Å². The molecule has 0 aliphatic heterocycles. The molecule has 0 bridgehead atoms. The molecule has 3 nitrogen and oxygen atoms in total. The van der Waals surface area contributed by atoms with Crippen LogP contribution < -0.4 is 0 Å². The number of halogens is 1. The van der Waals surface area contributed by atoms with Crippen molar-refractivity contribution < 1.29 is 0 Å². The van der Waals surface area contributed by atoms with Crippen molar-refractivity contribution in [3.8, 4) is 17.1 Å². The summed E-state index contributed by atoms with van der Waals surface area (Å²) in [5.41, 5.74) is 4.23. The van der Waals surface area contributed by atoms with Crippen LogP contribution in [0.3, 0.4) is 0 Å². The molecule has 6 rings (SSSR count). The first kappa shape index (κ1) is 17.4. The predicted octanol–water partition coefficient (Wildman–Crippen LogP) is 7.16. The minimum atomic E-state index is 0.925. The Bertz CT molecular complexity index is 1530. The smallest absolute Gasteiger partial charge is 0.145 e. The van der Waals surface area contributed by atoms with Crippen molar-refractivity contribution in [2.75, 3.05) is 0 Å². The van der Waals surface area contributed by atoms with Gasteiger partial charge in [0.2, 0.25) is 0 Å². The average Bonchev–Trinajstić information content (AvgIpc) is 3.21. The van der Waals surface area contributed by atoms with Gasteiger partial charge in [-0.2, -0.15) is 0 Å². The van der Waals surface area contributed by atoms with Crippen LogP contribution in [0.5, 0.6) is 0 Å². The summed E-state index contributed by atoms with van der Waals surface area (Å²) in [6.07, 6.45) is 3.81. The van der Waals surface area contributed by atoms with Crippen molar-refractivity contribution in [1.29, 1.82) is 0 Å². The fraction of sp³-hybridized carbons (Fsp3) is 0. The summed E-state index contributed by atoms with van der Waals surface area (Å²) in [4.78, 5) is 9.64.